The molecule has 0 N–H and O–H groups in total. The minimum Gasteiger partial charge on any atom is -0.494 e. The van der Waals surface area contributed by atoms with Crippen molar-refractivity contribution in [3.05, 3.63) is 94.5 Å². The highest BCUT2D eigenvalue weighted by Crippen LogP contribution is 2.19. The van der Waals surface area contributed by atoms with E-state index < -0.39 is 0 Å². The molecule has 0 aliphatic heterocycles. The summed E-state index contributed by atoms with van der Waals surface area (Å²) >= 11 is 0. The number of aryl methyl sites for hydroxylation is 1. The third-order valence-corrected chi connectivity index (χ3v) is 5.72. The molecule has 0 aliphatic rings. The maximum Gasteiger partial charge on any atom is 0.193 e. The largest absolute Gasteiger partial charge is 0.494 e. The van der Waals surface area contributed by atoms with Gasteiger partial charge in [-0.1, -0.05) is 17.7 Å². The lowest BCUT2D eigenvalue weighted by Crippen LogP contribution is -2.07. The van der Waals surface area contributed by atoms with Crippen molar-refractivity contribution in [2.24, 2.45) is 0 Å². The SMILES string of the molecule is CC(=O)c1cc(C(C)=O)cc(C(=O)c2ccc(OCCCCCCOc3ccc(C)cc3)cc2)c1. The Bertz CT molecular complexity index is 1130. The lowest BCUT2D eigenvalue weighted by atomic mass is 9.96. The smallest absolute Gasteiger partial charge is 0.193 e. The molecule has 0 unspecified atom stereocenters. The van der Waals surface area contributed by atoms with E-state index in [-0.39, 0.29) is 17.3 Å². The number of ketones is 3. The van der Waals surface area contributed by atoms with Crippen LogP contribution in [0.2, 0.25) is 0 Å². The van der Waals surface area contributed by atoms with Gasteiger partial charge in [0, 0.05) is 22.3 Å². The molecule has 0 bridgehead atoms. The average Bonchev–Trinajstić information content (AvgIpc) is 2.86. The predicted octanol–water partition coefficient (Wildman–Crippen LogP) is 6.65. The van der Waals surface area contributed by atoms with Crippen molar-refractivity contribution in [3.8, 4) is 11.5 Å². The number of Topliss-reactive ketones (excluding diaryl/α,β-unsaturated/α-hetero) is 2. The lowest BCUT2D eigenvalue weighted by Gasteiger charge is -2.09. The van der Waals surface area contributed by atoms with Crippen molar-refractivity contribution in [2.75, 3.05) is 13.2 Å². The maximum atomic E-state index is 12.9. The molecule has 0 saturated heterocycles. The van der Waals surface area contributed by atoms with Crippen molar-refractivity contribution < 1.29 is 23.9 Å². The van der Waals surface area contributed by atoms with Gasteiger partial charge in [0.2, 0.25) is 0 Å². The van der Waals surface area contributed by atoms with E-state index in [2.05, 4.69) is 6.92 Å². The summed E-state index contributed by atoms with van der Waals surface area (Å²) in [5, 5.41) is 0. The molecule has 182 valence electrons. The number of hydrogen-bond acceptors (Lipinski definition) is 5. The molecule has 0 radical (unpaired) electrons. The fraction of sp³-hybridized carbons (Fsp3) is 0.300. The van der Waals surface area contributed by atoms with E-state index in [1.165, 1.54) is 37.6 Å². The van der Waals surface area contributed by atoms with Crippen LogP contribution in [0.4, 0.5) is 0 Å². The van der Waals surface area contributed by atoms with E-state index in [9.17, 15) is 14.4 Å². The van der Waals surface area contributed by atoms with Crippen molar-refractivity contribution in [1.82, 2.24) is 0 Å². The first kappa shape index (κ1) is 25.9. The van der Waals surface area contributed by atoms with Crippen molar-refractivity contribution in [1.29, 1.82) is 0 Å². The topological polar surface area (TPSA) is 69.7 Å². The molecule has 0 saturated carbocycles. The van der Waals surface area contributed by atoms with E-state index in [1.54, 1.807) is 24.3 Å². The van der Waals surface area contributed by atoms with Gasteiger partial charge in [0.15, 0.2) is 17.3 Å². The van der Waals surface area contributed by atoms with Crippen LogP contribution in [-0.4, -0.2) is 30.6 Å². The molecule has 0 aromatic heterocycles. The molecule has 5 nitrogen and oxygen atoms in total. The quantitative estimate of drug-likeness (QED) is 0.206. The number of carbonyl (C=O) groups excluding carboxylic acids is 3. The van der Waals surface area contributed by atoms with Gasteiger partial charge in [-0.25, -0.2) is 0 Å². The van der Waals surface area contributed by atoms with Crippen LogP contribution >= 0.6 is 0 Å². The first-order valence-corrected chi connectivity index (χ1v) is 12.0. The van der Waals surface area contributed by atoms with E-state index >= 15 is 0 Å². The van der Waals surface area contributed by atoms with Gasteiger partial charge in [-0.2, -0.15) is 0 Å². The highest BCUT2D eigenvalue weighted by Gasteiger charge is 2.15. The summed E-state index contributed by atoms with van der Waals surface area (Å²) in [7, 11) is 0. The fourth-order valence-electron chi connectivity index (χ4n) is 3.61. The Morgan fingerprint density at radius 1 is 0.571 bits per heavy atom. The van der Waals surface area contributed by atoms with E-state index in [0.717, 1.165) is 31.4 Å². The monoisotopic (exact) mass is 472 g/mol. The van der Waals surface area contributed by atoms with Crippen molar-refractivity contribution >= 4 is 17.3 Å². The first-order valence-electron chi connectivity index (χ1n) is 12.0. The minimum absolute atomic E-state index is 0.190. The van der Waals surface area contributed by atoms with E-state index in [0.29, 0.717) is 41.2 Å². The molecule has 5 heteroatoms. The third-order valence-electron chi connectivity index (χ3n) is 5.72. The van der Waals surface area contributed by atoms with Crippen LogP contribution in [0.15, 0.2) is 66.7 Å². The van der Waals surface area contributed by atoms with Crippen molar-refractivity contribution in [3.63, 3.8) is 0 Å². The summed E-state index contributed by atoms with van der Waals surface area (Å²) in [5.41, 5.74) is 2.72. The van der Waals surface area contributed by atoms with Gasteiger partial charge in [0.1, 0.15) is 11.5 Å². The highest BCUT2D eigenvalue weighted by atomic mass is 16.5. The third kappa shape index (κ3) is 7.92. The predicted molar refractivity (Wildman–Crippen MR) is 137 cm³/mol. The normalized spacial score (nSPS) is 10.6. The van der Waals surface area contributed by atoms with Gasteiger partial charge < -0.3 is 9.47 Å². The summed E-state index contributed by atoms with van der Waals surface area (Å²) in [4.78, 5) is 36.5. The molecule has 0 fully saturated rings. The molecule has 0 spiro atoms. The van der Waals surface area contributed by atoms with E-state index in [1.807, 2.05) is 24.3 Å². The molecule has 35 heavy (non-hydrogen) atoms. The Hall–Kier alpha value is -3.73. The number of ether oxygens (including phenoxy) is 2. The van der Waals surface area contributed by atoms with Crippen LogP contribution in [-0.2, 0) is 0 Å². The molecule has 3 rings (SSSR count). The van der Waals surface area contributed by atoms with Gasteiger partial charge >= 0.3 is 0 Å². The Morgan fingerprint density at radius 2 is 1.00 bits per heavy atom. The van der Waals surface area contributed by atoms with E-state index in [4.69, 9.17) is 9.47 Å². The second-order valence-corrected chi connectivity index (χ2v) is 8.69. The van der Waals surface area contributed by atoms with Crippen LogP contribution in [0.3, 0.4) is 0 Å². The van der Waals surface area contributed by atoms with Crippen molar-refractivity contribution in [2.45, 2.75) is 46.5 Å². The van der Waals surface area contributed by atoms with Gasteiger partial charge in [-0.3, -0.25) is 14.4 Å². The first-order chi connectivity index (χ1) is 16.8. The maximum absolute atomic E-state index is 12.9. The summed E-state index contributed by atoms with van der Waals surface area (Å²) in [5.74, 6) is 0.988. The van der Waals surface area contributed by atoms with Crippen LogP contribution in [0.1, 0.15) is 81.7 Å². The lowest BCUT2D eigenvalue weighted by molar-refractivity contribution is 0.101. The fourth-order valence-corrected chi connectivity index (χ4v) is 3.61. The van der Waals surface area contributed by atoms with Crippen LogP contribution in [0.25, 0.3) is 0 Å². The summed E-state index contributed by atoms with van der Waals surface area (Å²) in [6, 6.07) is 19.6. The van der Waals surface area contributed by atoms with Crippen LogP contribution < -0.4 is 9.47 Å². The molecular weight excluding hydrogens is 440 g/mol. The zero-order valence-electron chi connectivity index (χ0n) is 20.6. The Balaban J connectivity index is 1.42. The molecular formula is C30H32O5. The molecule has 0 atom stereocenters. The van der Waals surface area contributed by atoms with Gasteiger partial charge in [0.05, 0.1) is 13.2 Å². The zero-order valence-corrected chi connectivity index (χ0v) is 20.6. The Kier molecular flexibility index (Phi) is 9.36. The zero-order chi connectivity index (χ0) is 25.2. The summed E-state index contributed by atoms with van der Waals surface area (Å²) < 4.78 is 11.5. The second kappa shape index (κ2) is 12.7. The van der Waals surface area contributed by atoms with Gasteiger partial charge in [0.25, 0.3) is 0 Å². The second-order valence-electron chi connectivity index (χ2n) is 8.69. The number of carbonyl (C=O) groups is 3. The van der Waals surface area contributed by atoms with Crippen LogP contribution in [0, 0.1) is 6.92 Å². The molecule has 0 aliphatic carbocycles. The number of unbranched alkanes of at least 4 members (excludes halogenated alkanes) is 3. The van der Waals surface area contributed by atoms with Gasteiger partial charge in [-0.05, 0) is 101 Å². The highest BCUT2D eigenvalue weighted by molar-refractivity contribution is 6.12. The summed E-state index contributed by atoms with van der Waals surface area (Å²) in [6.45, 7) is 6.21. The number of rotatable bonds is 13. The number of benzene rings is 3. The van der Waals surface area contributed by atoms with Crippen LogP contribution in [0.5, 0.6) is 11.5 Å². The standard InChI is InChI=1S/C30H32O5/c1-21-8-12-28(13-9-21)34-16-6-4-5-7-17-35-29-14-10-24(11-15-29)30(33)27-19-25(22(2)31)18-26(20-27)23(3)32/h8-15,18-20H,4-7,16-17H2,1-3H3. The molecule has 3 aromatic rings. The Morgan fingerprint density at radius 3 is 1.46 bits per heavy atom. The summed E-state index contributed by atoms with van der Waals surface area (Å²) in [6.07, 6.45) is 4.07. The Labute approximate surface area is 207 Å². The molecule has 0 amide bonds. The molecule has 0 heterocycles. The average molecular weight is 473 g/mol. The van der Waals surface area contributed by atoms with Gasteiger partial charge in [-0.15, -0.1) is 0 Å². The number of hydrogen-bond donors (Lipinski definition) is 0. The molecule has 3 aromatic carbocycles. The minimum atomic E-state index is -0.241.